The number of amides is 2. The molecule has 32 heavy (non-hydrogen) atoms. The van der Waals surface area contributed by atoms with Gasteiger partial charge in [-0.25, -0.2) is 5.43 Å². The molecule has 3 rings (SSSR count). The molecule has 1 aliphatic heterocycles. The number of hydrogen-bond donors (Lipinski definition) is 2. The van der Waals surface area contributed by atoms with Crippen LogP contribution >= 0.6 is 0 Å². The van der Waals surface area contributed by atoms with Gasteiger partial charge in [-0.1, -0.05) is 37.1 Å². The number of nitrogens with one attached hydrogen (secondary N) is 2. The van der Waals surface area contributed by atoms with Crippen molar-refractivity contribution in [3.8, 4) is 12.3 Å². The summed E-state index contributed by atoms with van der Waals surface area (Å²) in [4.78, 5) is 48.4. The molecule has 0 radical (unpaired) electrons. The van der Waals surface area contributed by atoms with E-state index in [-0.39, 0.29) is 11.4 Å². The molecular formula is C25H21N3O4. The first-order valence-electron chi connectivity index (χ1n) is 9.97. The Morgan fingerprint density at radius 3 is 2.53 bits per heavy atom. The van der Waals surface area contributed by atoms with Crippen molar-refractivity contribution in [2.45, 2.75) is 20.3 Å². The number of Topliss-reactive ketones (excluding diaryl/α,β-unsaturated/α-hetero) is 2. The fraction of sp³-hybridized carbons (Fsp3) is 0.160. The van der Waals surface area contributed by atoms with E-state index < -0.39 is 23.5 Å². The smallest absolute Gasteiger partial charge is 0.308 e. The van der Waals surface area contributed by atoms with Gasteiger partial charge in [-0.15, -0.1) is 6.42 Å². The lowest BCUT2D eigenvalue weighted by Gasteiger charge is -2.20. The van der Waals surface area contributed by atoms with Crippen molar-refractivity contribution < 1.29 is 19.2 Å². The molecule has 0 saturated heterocycles. The van der Waals surface area contributed by atoms with Gasteiger partial charge in [-0.05, 0) is 54.8 Å². The van der Waals surface area contributed by atoms with Gasteiger partial charge in [0.05, 0.1) is 17.2 Å². The highest BCUT2D eigenvalue weighted by Gasteiger charge is 2.33. The number of carbonyl (C=O) groups is 4. The van der Waals surface area contributed by atoms with E-state index in [1.54, 1.807) is 55.5 Å². The SMILES string of the molecule is C#Cc1cccc(C=C(C(C)=O)C(=O)Nc2ccc(C3=NNC(=O)C(=O)C3CC)cc2)c1. The summed E-state index contributed by atoms with van der Waals surface area (Å²) >= 11 is 0. The van der Waals surface area contributed by atoms with Crippen molar-refractivity contribution in [2.75, 3.05) is 5.32 Å². The Labute approximate surface area is 185 Å². The highest BCUT2D eigenvalue weighted by molar-refractivity contribution is 6.43. The maximum Gasteiger partial charge on any atom is 0.308 e. The maximum atomic E-state index is 12.7. The van der Waals surface area contributed by atoms with Crippen molar-refractivity contribution in [3.63, 3.8) is 0 Å². The summed E-state index contributed by atoms with van der Waals surface area (Å²) in [7, 11) is 0. The lowest BCUT2D eigenvalue weighted by Crippen LogP contribution is -2.42. The summed E-state index contributed by atoms with van der Waals surface area (Å²) in [5.74, 6) is -0.292. The van der Waals surface area contributed by atoms with E-state index in [4.69, 9.17) is 6.42 Å². The first kappa shape index (κ1) is 22.4. The van der Waals surface area contributed by atoms with Crippen LogP contribution in [0.3, 0.4) is 0 Å². The first-order chi connectivity index (χ1) is 15.3. The molecule has 2 aromatic rings. The highest BCUT2D eigenvalue weighted by Crippen LogP contribution is 2.20. The van der Waals surface area contributed by atoms with Crippen LogP contribution in [0.5, 0.6) is 0 Å². The second-order valence-corrected chi connectivity index (χ2v) is 7.18. The summed E-state index contributed by atoms with van der Waals surface area (Å²) in [6.45, 7) is 3.12. The Bertz CT molecular complexity index is 1200. The molecule has 1 unspecified atom stereocenters. The van der Waals surface area contributed by atoms with E-state index >= 15 is 0 Å². The number of benzene rings is 2. The standard InChI is InChI=1S/C25H21N3O4/c1-4-16-7-6-8-17(13-16)14-21(15(3)29)24(31)26-19-11-9-18(10-12-19)22-20(5-2)23(30)25(32)28-27-22/h1,6-14,20H,5H2,2-3H3,(H,26,31)(H,28,32). The van der Waals surface area contributed by atoms with Crippen LogP contribution < -0.4 is 10.7 Å². The van der Waals surface area contributed by atoms with E-state index in [1.807, 2.05) is 0 Å². The molecule has 0 spiro atoms. The van der Waals surface area contributed by atoms with E-state index in [0.717, 1.165) is 0 Å². The van der Waals surface area contributed by atoms with E-state index in [1.165, 1.54) is 13.0 Å². The van der Waals surface area contributed by atoms with E-state index in [0.29, 0.717) is 34.5 Å². The third-order valence-electron chi connectivity index (χ3n) is 4.98. The summed E-state index contributed by atoms with van der Waals surface area (Å²) in [6.07, 6.45) is 7.34. The predicted molar refractivity (Wildman–Crippen MR) is 122 cm³/mol. The van der Waals surface area contributed by atoms with Gasteiger partial charge in [0.1, 0.15) is 0 Å². The molecule has 160 valence electrons. The van der Waals surface area contributed by atoms with Crippen molar-refractivity contribution in [3.05, 3.63) is 70.8 Å². The second-order valence-electron chi connectivity index (χ2n) is 7.18. The maximum absolute atomic E-state index is 12.7. The highest BCUT2D eigenvalue weighted by atomic mass is 16.2. The Balaban J connectivity index is 1.80. The molecule has 7 heteroatoms. The second kappa shape index (κ2) is 9.67. The summed E-state index contributed by atoms with van der Waals surface area (Å²) in [6, 6.07) is 13.6. The summed E-state index contributed by atoms with van der Waals surface area (Å²) in [5.41, 5.74) is 5.07. The minimum Gasteiger partial charge on any atom is -0.322 e. The third-order valence-corrected chi connectivity index (χ3v) is 4.98. The predicted octanol–water partition coefficient (Wildman–Crippen LogP) is 2.71. The molecule has 2 amide bonds. The van der Waals surface area contributed by atoms with Gasteiger partial charge < -0.3 is 5.32 Å². The molecule has 1 heterocycles. The minimum atomic E-state index is -0.721. The van der Waals surface area contributed by atoms with Gasteiger partial charge in [0.15, 0.2) is 5.78 Å². The van der Waals surface area contributed by atoms with Crippen LogP contribution in [0.15, 0.2) is 59.2 Å². The number of anilines is 1. The Hall–Kier alpha value is -4.31. The molecule has 1 atom stereocenters. The van der Waals surface area contributed by atoms with Crippen molar-refractivity contribution in [2.24, 2.45) is 11.0 Å². The van der Waals surface area contributed by atoms with Crippen molar-refractivity contribution >= 4 is 40.9 Å². The van der Waals surface area contributed by atoms with Gasteiger partial charge in [-0.2, -0.15) is 5.10 Å². The molecule has 0 saturated carbocycles. The molecule has 0 fully saturated rings. The molecule has 0 bridgehead atoms. The Morgan fingerprint density at radius 1 is 1.19 bits per heavy atom. The van der Waals surface area contributed by atoms with Crippen LogP contribution in [0.1, 0.15) is 37.0 Å². The van der Waals surface area contributed by atoms with Crippen LogP contribution in [0.25, 0.3) is 6.08 Å². The zero-order chi connectivity index (χ0) is 23.3. The quantitative estimate of drug-likeness (QED) is 0.243. The fourth-order valence-corrected chi connectivity index (χ4v) is 3.31. The number of terminal acetylenes is 1. The lowest BCUT2D eigenvalue weighted by atomic mass is 9.89. The van der Waals surface area contributed by atoms with Crippen molar-refractivity contribution in [1.82, 2.24) is 5.43 Å². The molecule has 2 aromatic carbocycles. The third kappa shape index (κ3) is 4.87. The minimum absolute atomic E-state index is 0.0146. The Morgan fingerprint density at radius 2 is 1.91 bits per heavy atom. The number of ketones is 2. The first-order valence-corrected chi connectivity index (χ1v) is 9.97. The van der Waals surface area contributed by atoms with Crippen LogP contribution in [-0.4, -0.2) is 29.1 Å². The molecule has 0 aromatic heterocycles. The molecule has 1 aliphatic rings. The zero-order valence-electron chi connectivity index (χ0n) is 17.6. The number of rotatable bonds is 6. The van der Waals surface area contributed by atoms with Crippen LogP contribution in [-0.2, 0) is 19.2 Å². The van der Waals surface area contributed by atoms with Gasteiger partial charge >= 0.3 is 5.91 Å². The fourth-order valence-electron chi connectivity index (χ4n) is 3.31. The zero-order valence-corrected chi connectivity index (χ0v) is 17.6. The van der Waals surface area contributed by atoms with Crippen LogP contribution in [0.2, 0.25) is 0 Å². The number of carbonyl (C=O) groups excluding carboxylic acids is 4. The average Bonchev–Trinajstić information content (AvgIpc) is 2.79. The largest absolute Gasteiger partial charge is 0.322 e. The molecular weight excluding hydrogens is 406 g/mol. The van der Waals surface area contributed by atoms with E-state index in [2.05, 4.69) is 21.8 Å². The van der Waals surface area contributed by atoms with Gasteiger partial charge in [0, 0.05) is 11.3 Å². The van der Waals surface area contributed by atoms with Crippen LogP contribution in [0.4, 0.5) is 5.69 Å². The van der Waals surface area contributed by atoms with Crippen LogP contribution in [0, 0.1) is 18.3 Å². The normalized spacial score (nSPS) is 16.0. The van der Waals surface area contributed by atoms with Gasteiger partial charge in [0.25, 0.3) is 5.91 Å². The molecule has 0 aliphatic carbocycles. The average molecular weight is 427 g/mol. The van der Waals surface area contributed by atoms with Gasteiger partial charge in [-0.3, -0.25) is 19.2 Å². The van der Waals surface area contributed by atoms with Gasteiger partial charge in [0.2, 0.25) is 5.78 Å². The number of hydrazone groups is 1. The number of nitrogens with zero attached hydrogens (tertiary/aromatic N) is 1. The van der Waals surface area contributed by atoms with E-state index in [9.17, 15) is 19.2 Å². The molecule has 7 nitrogen and oxygen atoms in total. The number of hydrogen-bond acceptors (Lipinski definition) is 5. The molecule has 2 N–H and O–H groups in total. The monoisotopic (exact) mass is 427 g/mol. The Kier molecular flexibility index (Phi) is 6.76. The summed E-state index contributed by atoms with van der Waals surface area (Å²) in [5, 5.41) is 6.73. The lowest BCUT2D eigenvalue weighted by molar-refractivity contribution is -0.139. The topological polar surface area (TPSA) is 105 Å². The van der Waals surface area contributed by atoms with Crippen molar-refractivity contribution in [1.29, 1.82) is 0 Å². The summed E-state index contributed by atoms with van der Waals surface area (Å²) < 4.78 is 0.